The third-order valence-electron chi connectivity index (χ3n) is 5.80. The second-order valence-corrected chi connectivity index (χ2v) is 9.06. The Morgan fingerprint density at radius 3 is 2.52 bits per heavy atom. The maximum Gasteiger partial charge on any atom is 0.277 e. The molecule has 0 radical (unpaired) electrons. The summed E-state index contributed by atoms with van der Waals surface area (Å²) in [6.45, 7) is 2.48. The Kier molecular flexibility index (Phi) is 7.73. The maximum absolute atomic E-state index is 13.7. The lowest BCUT2D eigenvalue weighted by atomic mass is 9.95. The number of thiophene rings is 1. The van der Waals surface area contributed by atoms with E-state index in [2.05, 4.69) is 10.3 Å². The van der Waals surface area contributed by atoms with Crippen LogP contribution in [-0.4, -0.2) is 29.4 Å². The first-order valence-electron chi connectivity index (χ1n) is 11.5. The van der Waals surface area contributed by atoms with E-state index in [4.69, 9.17) is 4.74 Å². The lowest BCUT2D eigenvalue weighted by Gasteiger charge is -2.32. The van der Waals surface area contributed by atoms with Crippen molar-refractivity contribution in [2.24, 2.45) is 0 Å². The summed E-state index contributed by atoms with van der Waals surface area (Å²) >= 11 is 1.47. The number of hydrogen-bond donors (Lipinski definition) is 1. The minimum absolute atomic E-state index is 0.140. The average Bonchev–Trinajstić information content (AvgIpc) is 3.38. The Hall–Kier alpha value is -3.19. The zero-order valence-electron chi connectivity index (χ0n) is 18.8. The van der Waals surface area contributed by atoms with Crippen LogP contribution >= 0.6 is 11.3 Å². The van der Waals surface area contributed by atoms with E-state index in [9.17, 15) is 9.59 Å². The number of carbonyl (C=O) groups excluding carboxylic acids is 2. The van der Waals surface area contributed by atoms with Crippen LogP contribution in [0.5, 0.6) is 5.75 Å². The molecule has 1 N–H and O–H groups in total. The summed E-state index contributed by atoms with van der Waals surface area (Å²) in [5, 5.41) is 5.15. The maximum atomic E-state index is 13.7. The quantitative estimate of drug-likeness (QED) is 0.487. The van der Waals surface area contributed by atoms with E-state index < -0.39 is 6.04 Å². The van der Waals surface area contributed by atoms with Gasteiger partial charge in [0.2, 0.25) is 5.91 Å². The van der Waals surface area contributed by atoms with E-state index in [-0.39, 0.29) is 17.9 Å². The van der Waals surface area contributed by atoms with Crippen molar-refractivity contribution in [3.8, 4) is 5.75 Å². The van der Waals surface area contributed by atoms with Crippen molar-refractivity contribution >= 4 is 28.8 Å². The molecule has 1 saturated carbocycles. The summed E-state index contributed by atoms with van der Waals surface area (Å²) in [5.41, 5.74) is 0.907. The summed E-state index contributed by atoms with van der Waals surface area (Å²) in [6.07, 6.45) is 6.97. The molecule has 6 nitrogen and oxygen atoms in total. The van der Waals surface area contributed by atoms with E-state index >= 15 is 0 Å². The Labute approximate surface area is 198 Å². The van der Waals surface area contributed by atoms with Crippen molar-refractivity contribution in [2.45, 2.75) is 51.1 Å². The fraction of sp³-hybridized carbons (Fsp3) is 0.346. The molecule has 0 spiro atoms. The van der Waals surface area contributed by atoms with Crippen LogP contribution < -0.4 is 15.0 Å². The third kappa shape index (κ3) is 5.60. The Morgan fingerprint density at radius 1 is 1.09 bits per heavy atom. The molecule has 2 amide bonds. The van der Waals surface area contributed by atoms with Gasteiger partial charge in [-0.05, 0) is 67.6 Å². The molecule has 1 aromatic carbocycles. The first kappa shape index (κ1) is 23.0. The molecule has 7 heteroatoms. The normalized spacial score (nSPS) is 14.9. The summed E-state index contributed by atoms with van der Waals surface area (Å²) in [4.78, 5) is 34.1. The zero-order chi connectivity index (χ0) is 23.0. The van der Waals surface area contributed by atoms with Gasteiger partial charge in [0.15, 0.2) is 6.04 Å². The number of pyridine rings is 1. The largest absolute Gasteiger partial charge is 0.494 e. The van der Waals surface area contributed by atoms with Gasteiger partial charge in [-0.2, -0.15) is 0 Å². The molecule has 1 aliphatic rings. The van der Waals surface area contributed by atoms with Gasteiger partial charge in [-0.1, -0.05) is 31.4 Å². The molecule has 0 aliphatic heterocycles. The Balaban J connectivity index is 1.73. The van der Waals surface area contributed by atoms with E-state index in [1.807, 2.05) is 48.7 Å². The molecule has 1 atom stereocenters. The molecule has 4 rings (SSSR count). The molecule has 172 valence electrons. The predicted octanol–water partition coefficient (Wildman–Crippen LogP) is 5.38. The fourth-order valence-electron chi connectivity index (χ4n) is 4.21. The summed E-state index contributed by atoms with van der Waals surface area (Å²) in [6, 6.07) is 15.7. The summed E-state index contributed by atoms with van der Waals surface area (Å²) in [5.74, 6) is 0.227. The number of ether oxygens (including phenoxy) is 1. The first-order valence-corrected chi connectivity index (χ1v) is 12.4. The second kappa shape index (κ2) is 11.1. The van der Waals surface area contributed by atoms with Crippen LogP contribution in [0.25, 0.3) is 0 Å². The number of anilines is 1. The molecule has 0 bridgehead atoms. The van der Waals surface area contributed by atoms with Crippen LogP contribution in [0, 0.1) is 0 Å². The van der Waals surface area contributed by atoms with Gasteiger partial charge < -0.3 is 10.1 Å². The monoisotopic (exact) mass is 463 g/mol. The van der Waals surface area contributed by atoms with Gasteiger partial charge >= 0.3 is 0 Å². The zero-order valence-corrected chi connectivity index (χ0v) is 19.6. The minimum Gasteiger partial charge on any atom is -0.494 e. The molecule has 1 aliphatic carbocycles. The van der Waals surface area contributed by atoms with Gasteiger partial charge in [-0.25, -0.2) is 0 Å². The summed E-state index contributed by atoms with van der Waals surface area (Å²) in [7, 11) is 0. The highest BCUT2D eigenvalue weighted by atomic mass is 32.1. The van der Waals surface area contributed by atoms with Crippen molar-refractivity contribution in [1.82, 2.24) is 10.3 Å². The van der Waals surface area contributed by atoms with Gasteiger partial charge in [-0.3, -0.25) is 19.5 Å². The molecule has 0 saturated heterocycles. The molecule has 2 heterocycles. The molecule has 1 fully saturated rings. The van der Waals surface area contributed by atoms with Gasteiger partial charge in [-0.15, -0.1) is 11.3 Å². The number of amides is 2. The average molecular weight is 464 g/mol. The number of nitrogens with one attached hydrogen (secondary N) is 1. The molecular formula is C26H29N3O3S. The van der Waals surface area contributed by atoms with Crippen LogP contribution in [0.3, 0.4) is 0 Å². The van der Waals surface area contributed by atoms with Crippen LogP contribution in [0.15, 0.2) is 66.2 Å². The first-order chi connectivity index (χ1) is 16.2. The fourth-order valence-corrected chi connectivity index (χ4v) is 5.03. The number of carbonyl (C=O) groups is 2. The van der Waals surface area contributed by atoms with Gasteiger partial charge in [0.1, 0.15) is 11.4 Å². The number of rotatable bonds is 8. The van der Waals surface area contributed by atoms with Crippen molar-refractivity contribution in [3.63, 3.8) is 0 Å². The molecule has 2 aromatic heterocycles. The van der Waals surface area contributed by atoms with Crippen molar-refractivity contribution in [3.05, 3.63) is 76.7 Å². The minimum atomic E-state index is -0.792. The van der Waals surface area contributed by atoms with Crippen LogP contribution in [0.1, 0.15) is 60.4 Å². The van der Waals surface area contributed by atoms with Crippen molar-refractivity contribution in [2.75, 3.05) is 11.5 Å². The lowest BCUT2D eigenvalue weighted by Crippen LogP contribution is -2.47. The standard InChI is InChI=1S/C26H29N3O3S/c1-2-32-21-15-13-20(14-16-21)29(26(31)22-11-6-7-17-27-22)24(23-12-8-18-33-23)25(30)28-19-9-4-3-5-10-19/h6-8,11-19,24H,2-5,9-10H2,1H3,(H,28,30)/t24-/m1/s1. The van der Waals surface area contributed by atoms with Gasteiger partial charge in [0, 0.05) is 22.8 Å². The number of benzene rings is 1. The van der Waals surface area contributed by atoms with Gasteiger partial charge in [0.05, 0.1) is 6.61 Å². The van der Waals surface area contributed by atoms with Crippen LogP contribution in [0.4, 0.5) is 5.69 Å². The van der Waals surface area contributed by atoms with Crippen molar-refractivity contribution in [1.29, 1.82) is 0 Å². The Bertz CT molecular complexity index is 1030. The van der Waals surface area contributed by atoms with E-state index in [0.29, 0.717) is 23.7 Å². The highest BCUT2D eigenvalue weighted by Gasteiger charge is 2.35. The highest BCUT2D eigenvalue weighted by Crippen LogP contribution is 2.33. The second-order valence-electron chi connectivity index (χ2n) is 8.08. The summed E-state index contributed by atoms with van der Waals surface area (Å²) < 4.78 is 5.57. The number of hydrogen-bond acceptors (Lipinski definition) is 5. The third-order valence-corrected chi connectivity index (χ3v) is 6.72. The lowest BCUT2D eigenvalue weighted by molar-refractivity contribution is -0.123. The molecule has 3 aromatic rings. The number of nitrogens with zero attached hydrogens (tertiary/aromatic N) is 2. The van der Waals surface area contributed by atoms with E-state index in [1.54, 1.807) is 29.3 Å². The SMILES string of the molecule is CCOc1ccc(N(C(=O)c2ccccn2)[C@@H](C(=O)NC2CCCCC2)c2cccs2)cc1. The van der Waals surface area contributed by atoms with Crippen molar-refractivity contribution < 1.29 is 14.3 Å². The van der Waals surface area contributed by atoms with Crippen LogP contribution in [-0.2, 0) is 4.79 Å². The highest BCUT2D eigenvalue weighted by molar-refractivity contribution is 7.10. The molecular weight excluding hydrogens is 434 g/mol. The molecule has 0 unspecified atom stereocenters. The van der Waals surface area contributed by atoms with E-state index in [0.717, 1.165) is 30.6 Å². The topological polar surface area (TPSA) is 71.5 Å². The smallest absolute Gasteiger partial charge is 0.277 e. The van der Waals surface area contributed by atoms with E-state index in [1.165, 1.54) is 17.8 Å². The Morgan fingerprint density at radius 2 is 1.88 bits per heavy atom. The predicted molar refractivity (Wildman–Crippen MR) is 131 cm³/mol. The number of aromatic nitrogens is 1. The van der Waals surface area contributed by atoms with Crippen LogP contribution in [0.2, 0.25) is 0 Å². The van der Waals surface area contributed by atoms with Gasteiger partial charge in [0.25, 0.3) is 5.91 Å². The molecule has 33 heavy (non-hydrogen) atoms.